The minimum Gasteiger partial charge on any atom is -0.383 e. The summed E-state index contributed by atoms with van der Waals surface area (Å²) in [5.41, 5.74) is 3.38. The van der Waals surface area contributed by atoms with Crippen LogP contribution in [0.25, 0.3) is 0 Å². The van der Waals surface area contributed by atoms with E-state index in [-0.39, 0.29) is 0 Å². The fourth-order valence-electron chi connectivity index (χ4n) is 2.20. The van der Waals surface area contributed by atoms with Gasteiger partial charge in [-0.25, -0.2) is 0 Å². The van der Waals surface area contributed by atoms with Crippen molar-refractivity contribution in [3.05, 3.63) is 51.0 Å². The molecule has 0 aromatic carbocycles. The Hall–Kier alpha value is -0.840. The Kier molecular flexibility index (Phi) is 3.41. The smallest absolute Gasteiger partial charge is 0.115 e. The van der Waals surface area contributed by atoms with Crippen LogP contribution in [0.4, 0.5) is 0 Å². The molecule has 1 unspecified atom stereocenters. The molecule has 0 radical (unpaired) electrons. The van der Waals surface area contributed by atoms with E-state index in [1.165, 1.54) is 16.2 Å². The van der Waals surface area contributed by atoms with Gasteiger partial charge >= 0.3 is 0 Å². The molecule has 0 saturated heterocycles. The van der Waals surface area contributed by atoms with E-state index in [0.29, 0.717) is 0 Å². The van der Waals surface area contributed by atoms with Crippen LogP contribution < -0.4 is 0 Å². The van der Waals surface area contributed by atoms with Gasteiger partial charge in [0.2, 0.25) is 0 Å². The second-order valence-electron chi connectivity index (χ2n) is 4.60. The number of aryl methyl sites for hydroxylation is 2. The maximum atomic E-state index is 10.4. The van der Waals surface area contributed by atoms with Gasteiger partial charge in [0, 0.05) is 33.5 Å². The van der Waals surface area contributed by atoms with Gasteiger partial charge in [-0.2, -0.15) is 11.8 Å². The number of thiophene rings is 1. The van der Waals surface area contributed by atoms with Gasteiger partial charge in [0.25, 0.3) is 0 Å². The molecule has 0 saturated carbocycles. The first kappa shape index (κ1) is 12.2. The van der Waals surface area contributed by atoms with Gasteiger partial charge in [0.15, 0.2) is 0 Å². The van der Waals surface area contributed by atoms with Gasteiger partial charge in [-0.1, -0.05) is 6.07 Å². The van der Waals surface area contributed by atoms with Crippen molar-refractivity contribution < 1.29 is 5.11 Å². The summed E-state index contributed by atoms with van der Waals surface area (Å²) in [5, 5.41) is 10.4. The lowest BCUT2D eigenvalue weighted by molar-refractivity contribution is 0.223. The van der Waals surface area contributed by atoms with E-state index in [0.717, 1.165) is 28.2 Å². The average molecular weight is 277 g/mol. The van der Waals surface area contributed by atoms with E-state index >= 15 is 0 Å². The van der Waals surface area contributed by atoms with Crippen LogP contribution in [0.2, 0.25) is 0 Å². The fraction of sp³-hybridized carbons (Fsp3) is 0.357. The number of aliphatic hydroxyl groups is 1. The molecule has 4 heteroatoms. The predicted octanol–water partition coefficient (Wildman–Crippen LogP) is 3.32. The third-order valence-electron chi connectivity index (χ3n) is 3.13. The molecule has 3 rings (SSSR count). The third kappa shape index (κ3) is 2.32. The molecule has 0 aliphatic carbocycles. The summed E-state index contributed by atoms with van der Waals surface area (Å²) >= 11 is 3.73. The molecule has 18 heavy (non-hydrogen) atoms. The minimum atomic E-state index is -0.530. The highest BCUT2D eigenvalue weighted by molar-refractivity contribution is 7.98. The van der Waals surface area contributed by atoms with Crippen molar-refractivity contribution in [2.24, 2.45) is 0 Å². The molecule has 1 aliphatic heterocycles. The molecule has 0 amide bonds. The standard InChI is InChI=1S/C14H15NOS2/c1-9-4-10(7-15-6-9)14(16)13-5-11-8-17-3-2-12(11)18-13/h4-7,14,16H,2-3,8H2,1H3. The van der Waals surface area contributed by atoms with E-state index in [4.69, 9.17) is 0 Å². The van der Waals surface area contributed by atoms with E-state index in [9.17, 15) is 5.11 Å². The van der Waals surface area contributed by atoms with Crippen molar-refractivity contribution >= 4 is 23.1 Å². The molecule has 3 heterocycles. The van der Waals surface area contributed by atoms with Crippen LogP contribution in [0.1, 0.15) is 32.5 Å². The Bertz CT molecular complexity index is 541. The maximum Gasteiger partial charge on any atom is 0.115 e. The molecule has 2 nitrogen and oxygen atoms in total. The fourth-order valence-corrected chi connectivity index (χ4v) is 4.59. The number of nitrogens with zero attached hydrogens (tertiary/aromatic N) is 1. The van der Waals surface area contributed by atoms with Crippen LogP contribution in [-0.2, 0) is 12.2 Å². The summed E-state index contributed by atoms with van der Waals surface area (Å²) in [7, 11) is 0. The van der Waals surface area contributed by atoms with E-state index in [2.05, 4.69) is 11.1 Å². The third-order valence-corrected chi connectivity index (χ3v) is 5.43. The molecule has 1 aliphatic rings. The Morgan fingerprint density at radius 3 is 3.00 bits per heavy atom. The minimum absolute atomic E-state index is 0.530. The lowest BCUT2D eigenvalue weighted by atomic mass is 10.1. The zero-order chi connectivity index (χ0) is 12.5. The Morgan fingerprint density at radius 2 is 2.22 bits per heavy atom. The van der Waals surface area contributed by atoms with Gasteiger partial charge in [-0.05, 0) is 36.3 Å². The summed E-state index contributed by atoms with van der Waals surface area (Å²) in [5.74, 6) is 2.29. The van der Waals surface area contributed by atoms with Crippen LogP contribution in [0.5, 0.6) is 0 Å². The molecule has 2 aromatic heterocycles. The van der Waals surface area contributed by atoms with E-state index in [1.807, 2.05) is 30.9 Å². The van der Waals surface area contributed by atoms with Gasteiger partial charge in [-0.3, -0.25) is 4.98 Å². The monoisotopic (exact) mass is 277 g/mol. The predicted molar refractivity (Wildman–Crippen MR) is 77.2 cm³/mol. The molecule has 0 bridgehead atoms. The Labute approximate surface area is 115 Å². The molecule has 2 aromatic rings. The van der Waals surface area contributed by atoms with Gasteiger partial charge in [0.1, 0.15) is 6.10 Å². The zero-order valence-corrected chi connectivity index (χ0v) is 11.9. The molecule has 94 valence electrons. The SMILES string of the molecule is Cc1cncc(C(O)c2cc3c(s2)CCSC3)c1. The number of rotatable bonds is 2. The van der Waals surface area contributed by atoms with Crippen molar-refractivity contribution in [1.29, 1.82) is 0 Å². The van der Waals surface area contributed by atoms with Crippen molar-refractivity contribution in [2.75, 3.05) is 5.75 Å². The van der Waals surface area contributed by atoms with Crippen molar-refractivity contribution in [2.45, 2.75) is 25.2 Å². The van der Waals surface area contributed by atoms with Crippen LogP contribution in [0.3, 0.4) is 0 Å². The number of aliphatic hydroxyl groups excluding tert-OH is 1. The summed E-state index contributed by atoms with van der Waals surface area (Å²) in [6.07, 6.45) is 4.18. The molecular weight excluding hydrogens is 262 g/mol. The first-order valence-electron chi connectivity index (χ1n) is 6.03. The normalized spacial score (nSPS) is 16.3. The van der Waals surface area contributed by atoms with Gasteiger partial charge in [0.05, 0.1) is 0 Å². The highest BCUT2D eigenvalue weighted by atomic mass is 32.2. The van der Waals surface area contributed by atoms with Crippen LogP contribution >= 0.6 is 23.1 Å². The maximum absolute atomic E-state index is 10.4. The quantitative estimate of drug-likeness (QED) is 0.914. The first-order valence-corrected chi connectivity index (χ1v) is 8.00. The lowest BCUT2D eigenvalue weighted by Crippen LogP contribution is -1.98. The highest BCUT2D eigenvalue weighted by Gasteiger charge is 2.19. The topological polar surface area (TPSA) is 33.1 Å². The summed E-state index contributed by atoms with van der Waals surface area (Å²) in [6.45, 7) is 2.00. The largest absolute Gasteiger partial charge is 0.383 e. The van der Waals surface area contributed by atoms with Crippen molar-refractivity contribution in [1.82, 2.24) is 4.98 Å². The number of hydrogen-bond acceptors (Lipinski definition) is 4. The van der Waals surface area contributed by atoms with Crippen molar-refractivity contribution in [3.8, 4) is 0 Å². The number of hydrogen-bond donors (Lipinski definition) is 1. The van der Waals surface area contributed by atoms with E-state index in [1.54, 1.807) is 17.5 Å². The lowest BCUT2D eigenvalue weighted by Gasteiger charge is -2.08. The number of pyridine rings is 1. The second kappa shape index (κ2) is 5.03. The van der Waals surface area contributed by atoms with Gasteiger partial charge < -0.3 is 5.11 Å². The highest BCUT2D eigenvalue weighted by Crippen LogP contribution is 2.36. The molecule has 0 spiro atoms. The van der Waals surface area contributed by atoms with Crippen LogP contribution in [0.15, 0.2) is 24.5 Å². The molecule has 1 N–H and O–H groups in total. The van der Waals surface area contributed by atoms with Gasteiger partial charge in [-0.15, -0.1) is 11.3 Å². The van der Waals surface area contributed by atoms with Crippen molar-refractivity contribution in [3.63, 3.8) is 0 Å². The second-order valence-corrected chi connectivity index (χ2v) is 6.87. The first-order chi connectivity index (χ1) is 8.74. The van der Waals surface area contributed by atoms with E-state index < -0.39 is 6.10 Å². The van der Waals surface area contributed by atoms with Crippen LogP contribution in [0, 0.1) is 6.92 Å². The number of thioether (sulfide) groups is 1. The summed E-state index contributed by atoms with van der Waals surface area (Å²) < 4.78 is 0. The number of aromatic nitrogens is 1. The molecule has 0 fully saturated rings. The summed E-state index contributed by atoms with van der Waals surface area (Å²) in [6, 6.07) is 4.17. The molecule has 1 atom stereocenters. The zero-order valence-electron chi connectivity index (χ0n) is 10.2. The summed E-state index contributed by atoms with van der Waals surface area (Å²) in [4.78, 5) is 6.65. The number of fused-ring (bicyclic) bond motifs is 1. The Balaban J connectivity index is 1.92. The average Bonchev–Trinajstić information content (AvgIpc) is 2.81. The van der Waals surface area contributed by atoms with Crippen LogP contribution in [-0.4, -0.2) is 15.8 Å². The Morgan fingerprint density at radius 1 is 1.33 bits per heavy atom. The molecular formula is C14H15NOS2.